The molecule has 2 N–H and O–H groups in total. The molecular formula is C11H20N2S. The first-order chi connectivity index (χ1) is 6.53. The monoisotopic (exact) mass is 212 g/mol. The lowest BCUT2D eigenvalue weighted by atomic mass is 9.85. The van der Waals surface area contributed by atoms with Gasteiger partial charge in [0.05, 0.1) is 10.7 Å². The minimum absolute atomic E-state index is 0.0592. The predicted octanol–water partition coefficient (Wildman–Crippen LogP) is 2.89. The molecule has 14 heavy (non-hydrogen) atoms. The SMILES string of the molecule is CCC(C)(CN)c1csc(C(C)C)n1. The highest BCUT2D eigenvalue weighted by Gasteiger charge is 2.25. The average Bonchev–Trinajstić information content (AvgIpc) is 2.66. The van der Waals surface area contributed by atoms with Gasteiger partial charge >= 0.3 is 0 Å². The second-order valence-electron chi connectivity index (χ2n) is 4.34. The van der Waals surface area contributed by atoms with Crippen LogP contribution in [0.1, 0.15) is 50.7 Å². The van der Waals surface area contributed by atoms with E-state index in [1.165, 1.54) is 5.01 Å². The van der Waals surface area contributed by atoms with E-state index in [4.69, 9.17) is 5.73 Å². The van der Waals surface area contributed by atoms with Gasteiger partial charge in [-0.05, 0) is 6.42 Å². The summed E-state index contributed by atoms with van der Waals surface area (Å²) in [4.78, 5) is 4.66. The molecule has 0 spiro atoms. The third-order valence-electron chi connectivity index (χ3n) is 2.87. The van der Waals surface area contributed by atoms with Crippen molar-refractivity contribution in [3.05, 3.63) is 16.1 Å². The van der Waals surface area contributed by atoms with Gasteiger partial charge in [0.25, 0.3) is 0 Å². The van der Waals surface area contributed by atoms with Gasteiger partial charge in [-0.2, -0.15) is 0 Å². The maximum absolute atomic E-state index is 5.80. The van der Waals surface area contributed by atoms with E-state index in [2.05, 4.69) is 38.1 Å². The van der Waals surface area contributed by atoms with Crippen LogP contribution >= 0.6 is 11.3 Å². The highest BCUT2D eigenvalue weighted by atomic mass is 32.1. The summed E-state index contributed by atoms with van der Waals surface area (Å²) >= 11 is 1.75. The van der Waals surface area contributed by atoms with Gasteiger partial charge in [-0.3, -0.25) is 0 Å². The molecule has 0 bridgehead atoms. The number of thiazole rings is 1. The largest absolute Gasteiger partial charge is 0.330 e. The van der Waals surface area contributed by atoms with Crippen molar-refractivity contribution in [3.8, 4) is 0 Å². The van der Waals surface area contributed by atoms with Crippen LogP contribution in [0.3, 0.4) is 0 Å². The molecule has 0 amide bonds. The van der Waals surface area contributed by atoms with Crippen molar-refractivity contribution in [1.82, 2.24) is 4.98 Å². The minimum atomic E-state index is 0.0592. The topological polar surface area (TPSA) is 38.9 Å². The third-order valence-corrected chi connectivity index (χ3v) is 4.01. The molecule has 1 atom stereocenters. The van der Waals surface area contributed by atoms with Crippen LogP contribution in [0.2, 0.25) is 0 Å². The van der Waals surface area contributed by atoms with E-state index in [0.29, 0.717) is 12.5 Å². The number of rotatable bonds is 4. The summed E-state index contributed by atoms with van der Waals surface area (Å²) in [6, 6.07) is 0. The standard InChI is InChI=1S/C11H20N2S/c1-5-11(4,7-12)9-6-14-10(13-9)8(2)3/h6,8H,5,7,12H2,1-4H3. The Morgan fingerprint density at radius 2 is 2.21 bits per heavy atom. The molecule has 1 aromatic heterocycles. The summed E-state index contributed by atoms with van der Waals surface area (Å²) in [5.74, 6) is 0.521. The van der Waals surface area contributed by atoms with E-state index in [0.717, 1.165) is 12.1 Å². The Balaban J connectivity index is 2.95. The molecule has 80 valence electrons. The van der Waals surface area contributed by atoms with Crippen LogP contribution in [-0.2, 0) is 5.41 Å². The van der Waals surface area contributed by atoms with E-state index in [9.17, 15) is 0 Å². The average molecular weight is 212 g/mol. The van der Waals surface area contributed by atoms with Crippen molar-refractivity contribution in [1.29, 1.82) is 0 Å². The zero-order chi connectivity index (χ0) is 10.8. The van der Waals surface area contributed by atoms with Crippen molar-refractivity contribution in [3.63, 3.8) is 0 Å². The summed E-state index contributed by atoms with van der Waals surface area (Å²) in [5.41, 5.74) is 7.02. The molecule has 1 heterocycles. The van der Waals surface area contributed by atoms with Gasteiger partial charge in [0.15, 0.2) is 0 Å². The molecule has 3 heteroatoms. The lowest BCUT2D eigenvalue weighted by molar-refractivity contribution is 0.454. The van der Waals surface area contributed by atoms with E-state index in [-0.39, 0.29) is 5.41 Å². The van der Waals surface area contributed by atoms with Gasteiger partial charge in [-0.15, -0.1) is 11.3 Å². The van der Waals surface area contributed by atoms with Crippen LogP contribution in [0.5, 0.6) is 0 Å². The first-order valence-corrected chi connectivity index (χ1v) is 6.07. The van der Waals surface area contributed by atoms with E-state index >= 15 is 0 Å². The molecule has 0 saturated carbocycles. The van der Waals surface area contributed by atoms with Gasteiger partial charge in [-0.25, -0.2) is 4.98 Å². The summed E-state index contributed by atoms with van der Waals surface area (Å²) in [6.45, 7) is 9.38. The fourth-order valence-electron chi connectivity index (χ4n) is 1.26. The van der Waals surface area contributed by atoms with E-state index in [1.54, 1.807) is 11.3 Å². The molecule has 0 aliphatic rings. The zero-order valence-corrected chi connectivity index (χ0v) is 10.3. The molecule has 1 rings (SSSR count). The molecular weight excluding hydrogens is 192 g/mol. The molecule has 2 nitrogen and oxygen atoms in total. The summed E-state index contributed by atoms with van der Waals surface area (Å²) in [7, 11) is 0. The molecule has 0 aliphatic carbocycles. The molecule has 1 unspecified atom stereocenters. The molecule has 0 aromatic carbocycles. The third kappa shape index (κ3) is 2.15. The number of aromatic nitrogens is 1. The number of nitrogens with zero attached hydrogens (tertiary/aromatic N) is 1. The van der Waals surface area contributed by atoms with Crippen molar-refractivity contribution in [2.75, 3.05) is 6.54 Å². The number of nitrogens with two attached hydrogens (primary N) is 1. The van der Waals surface area contributed by atoms with Crippen molar-refractivity contribution in [2.24, 2.45) is 5.73 Å². The number of hydrogen-bond donors (Lipinski definition) is 1. The van der Waals surface area contributed by atoms with Crippen LogP contribution in [0.4, 0.5) is 0 Å². The zero-order valence-electron chi connectivity index (χ0n) is 9.50. The first kappa shape index (κ1) is 11.7. The predicted molar refractivity (Wildman–Crippen MR) is 62.9 cm³/mol. The molecule has 0 radical (unpaired) electrons. The van der Waals surface area contributed by atoms with Crippen LogP contribution in [0.25, 0.3) is 0 Å². The lowest BCUT2D eigenvalue weighted by Crippen LogP contribution is -2.31. The Labute approximate surface area is 90.6 Å². The lowest BCUT2D eigenvalue weighted by Gasteiger charge is -2.23. The summed E-state index contributed by atoms with van der Waals surface area (Å²) in [6.07, 6.45) is 1.05. The van der Waals surface area contributed by atoms with Crippen molar-refractivity contribution >= 4 is 11.3 Å². The Morgan fingerprint density at radius 1 is 1.57 bits per heavy atom. The Bertz CT molecular complexity index is 287. The van der Waals surface area contributed by atoms with Gasteiger partial charge in [0, 0.05) is 23.3 Å². The Morgan fingerprint density at radius 3 is 2.57 bits per heavy atom. The van der Waals surface area contributed by atoms with Crippen LogP contribution in [0, 0.1) is 0 Å². The quantitative estimate of drug-likeness (QED) is 0.833. The highest BCUT2D eigenvalue weighted by molar-refractivity contribution is 7.09. The molecule has 0 fully saturated rings. The van der Waals surface area contributed by atoms with Gasteiger partial charge in [0.2, 0.25) is 0 Å². The molecule has 1 aromatic rings. The van der Waals surface area contributed by atoms with Gasteiger partial charge in [0.1, 0.15) is 0 Å². The van der Waals surface area contributed by atoms with Gasteiger partial charge < -0.3 is 5.73 Å². The smallest absolute Gasteiger partial charge is 0.0953 e. The molecule has 0 aliphatic heterocycles. The van der Waals surface area contributed by atoms with Crippen LogP contribution in [-0.4, -0.2) is 11.5 Å². The fraction of sp³-hybridized carbons (Fsp3) is 0.727. The summed E-state index contributed by atoms with van der Waals surface area (Å²) in [5, 5.41) is 3.37. The second kappa shape index (κ2) is 4.41. The van der Waals surface area contributed by atoms with Crippen molar-refractivity contribution < 1.29 is 0 Å². The molecule has 0 saturated heterocycles. The minimum Gasteiger partial charge on any atom is -0.330 e. The maximum atomic E-state index is 5.80. The van der Waals surface area contributed by atoms with Gasteiger partial charge in [-0.1, -0.05) is 27.7 Å². The highest BCUT2D eigenvalue weighted by Crippen LogP contribution is 2.29. The van der Waals surface area contributed by atoms with Crippen molar-refractivity contribution in [2.45, 2.75) is 45.4 Å². The number of hydrogen-bond acceptors (Lipinski definition) is 3. The van der Waals surface area contributed by atoms with Crippen LogP contribution < -0.4 is 5.73 Å². The maximum Gasteiger partial charge on any atom is 0.0953 e. The second-order valence-corrected chi connectivity index (χ2v) is 5.23. The summed E-state index contributed by atoms with van der Waals surface area (Å²) < 4.78 is 0. The Kier molecular flexibility index (Phi) is 3.67. The van der Waals surface area contributed by atoms with E-state index < -0.39 is 0 Å². The first-order valence-electron chi connectivity index (χ1n) is 5.19. The van der Waals surface area contributed by atoms with Crippen LogP contribution in [0.15, 0.2) is 5.38 Å². The van der Waals surface area contributed by atoms with E-state index in [1.807, 2.05) is 0 Å². The Hall–Kier alpha value is -0.410. The normalized spacial score (nSPS) is 15.9. The fourth-order valence-corrected chi connectivity index (χ4v) is 2.25.